The standard InChI is InChI=1S/C26H35N3O3S2/c1-6-9-17-28(8-3)34(31,32)22-13-10-20(11-14-22)25(30)27-26-29(16-7-2)23-15-12-21(19(4)5)18-24(23)33-26/h10-15,18-19H,6-9,16-17H2,1-5H3. The van der Waals surface area contributed by atoms with Gasteiger partial charge in [0, 0.05) is 25.2 Å². The van der Waals surface area contributed by atoms with Crippen LogP contribution in [0.3, 0.4) is 0 Å². The fourth-order valence-corrected chi connectivity index (χ4v) is 6.42. The van der Waals surface area contributed by atoms with Gasteiger partial charge in [-0.25, -0.2) is 8.42 Å². The van der Waals surface area contributed by atoms with E-state index in [1.165, 1.54) is 33.3 Å². The predicted molar refractivity (Wildman–Crippen MR) is 140 cm³/mol. The quantitative estimate of drug-likeness (QED) is 0.353. The summed E-state index contributed by atoms with van der Waals surface area (Å²) in [6, 6.07) is 12.5. The SMILES string of the molecule is CCCCN(CC)S(=O)(=O)c1ccc(C(=O)N=c2sc3cc(C(C)C)ccc3n2CCC)cc1. The molecule has 6 nitrogen and oxygen atoms in total. The van der Waals surface area contributed by atoms with Crippen molar-refractivity contribution in [2.24, 2.45) is 4.99 Å². The molecule has 0 saturated heterocycles. The molecule has 3 aromatic rings. The molecule has 0 bridgehead atoms. The molecule has 0 aliphatic carbocycles. The van der Waals surface area contributed by atoms with Gasteiger partial charge in [0.25, 0.3) is 5.91 Å². The molecule has 1 aromatic heterocycles. The normalized spacial score (nSPS) is 12.9. The number of nitrogens with zero attached hydrogens (tertiary/aromatic N) is 3. The number of fused-ring (bicyclic) bond motifs is 1. The molecule has 0 radical (unpaired) electrons. The first-order valence-corrected chi connectivity index (χ1v) is 14.3. The van der Waals surface area contributed by atoms with Crippen LogP contribution in [0.25, 0.3) is 10.2 Å². The number of aromatic nitrogens is 1. The number of hydrogen-bond acceptors (Lipinski definition) is 4. The molecule has 1 heterocycles. The Kier molecular flexibility index (Phi) is 8.84. The summed E-state index contributed by atoms with van der Waals surface area (Å²) >= 11 is 1.51. The lowest BCUT2D eigenvalue weighted by Crippen LogP contribution is -2.31. The summed E-state index contributed by atoms with van der Waals surface area (Å²) in [5, 5.41) is 0. The predicted octanol–water partition coefficient (Wildman–Crippen LogP) is 5.79. The molecule has 0 aliphatic heterocycles. The van der Waals surface area contributed by atoms with Gasteiger partial charge in [0.1, 0.15) is 0 Å². The van der Waals surface area contributed by atoms with Crippen LogP contribution in [0.4, 0.5) is 0 Å². The summed E-state index contributed by atoms with van der Waals surface area (Å²) in [6.45, 7) is 12.0. The summed E-state index contributed by atoms with van der Waals surface area (Å²) < 4.78 is 30.6. The zero-order chi connectivity index (χ0) is 24.9. The van der Waals surface area contributed by atoms with Crippen LogP contribution >= 0.6 is 11.3 Å². The van der Waals surface area contributed by atoms with E-state index in [0.29, 0.717) is 29.4 Å². The Labute approximate surface area is 207 Å². The molecular formula is C26H35N3O3S2. The van der Waals surface area contributed by atoms with Crippen LogP contribution in [-0.2, 0) is 16.6 Å². The molecule has 0 unspecified atom stereocenters. The van der Waals surface area contributed by atoms with Gasteiger partial charge in [-0.1, -0.05) is 58.4 Å². The van der Waals surface area contributed by atoms with Gasteiger partial charge >= 0.3 is 0 Å². The molecule has 3 rings (SSSR count). The topological polar surface area (TPSA) is 71.7 Å². The average molecular weight is 502 g/mol. The van der Waals surface area contributed by atoms with Gasteiger partial charge in [-0.05, 0) is 60.7 Å². The number of carbonyl (C=O) groups is 1. The monoisotopic (exact) mass is 501 g/mol. The smallest absolute Gasteiger partial charge is 0.279 e. The van der Waals surface area contributed by atoms with Crippen molar-refractivity contribution in [2.45, 2.75) is 71.2 Å². The maximum atomic E-state index is 13.0. The molecule has 0 aliphatic rings. The summed E-state index contributed by atoms with van der Waals surface area (Å²) in [6.07, 6.45) is 2.67. The first-order chi connectivity index (χ1) is 16.2. The highest BCUT2D eigenvalue weighted by Gasteiger charge is 2.22. The Bertz CT molecular complexity index is 1300. The number of thiazole rings is 1. The van der Waals surface area contributed by atoms with Crippen molar-refractivity contribution in [1.82, 2.24) is 8.87 Å². The number of unbranched alkanes of at least 4 members (excludes halogenated alkanes) is 1. The van der Waals surface area contributed by atoms with Crippen molar-refractivity contribution in [1.29, 1.82) is 0 Å². The fraction of sp³-hybridized carbons (Fsp3) is 0.462. The minimum Gasteiger partial charge on any atom is -0.316 e. The summed E-state index contributed by atoms with van der Waals surface area (Å²) in [7, 11) is -3.58. The van der Waals surface area contributed by atoms with Gasteiger partial charge in [0.2, 0.25) is 10.0 Å². The number of carbonyl (C=O) groups excluding carboxylic acids is 1. The lowest BCUT2D eigenvalue weighted by atomic mass is 10.0. The molecule has 8 heteroatoms. The molecule has 184 valence electrons. The van der Waals surface area contributed by atoms with Crippen LogP contribution in [0.15, 0.2) is 52.4 Å². The van der Waals surface area contributed by atoms with Gasteiger partial charge in [0.15, 0.2) is 4.80 Å². The van der Waals surface area contributed by atoms with Crippen LogP contribution in [-0.4, -0.2) is 36.3 Å². The largest absolute Gasteiger partial charge is 0.316 e. The minimum absolute atomic E-state index is 0.200. The number of benzene rings is 2. The lowest BCUT2D eigenvalue weighted by molar-refractivity contribution is 0.0997. The maximum absolute atomic E-state index is 13.0. The first-order valence-electron chi connectivity index (χ1n) is 12.0. The molecule has 0 atom stereocenters. The van der Waals surface area contributed by atoms with Crippen LogP contribution < -0.4 is 4.80 Å². The van der Waals surface area contributed by atoms with Gasteiger partial charge < -0.3 is 4.57 Å². The Morgan fingerprint density at radius 1 is 1.06 bits per heavy atom. The van der Waals surface area contributed by atoms with E-state index >= 15 is 0 Å². The van der Waals surface area contributed by atoms with E-state index < -0.39 is 10.0 Å². The highest BCUT2D eigenvalue weighted by molar-refractivity contribution is 7.89. The highest BCUT2D eigenvalue weighted by atomic mass is 32.2. The van der Waals surface area contributed by atoms with Crippen molar-refractivity contribution >= 4 is 37.5 Å². The second-order valence-corrected chi connectivity index (χ2v) is 11.7. The molecule has 1 amide bonds. The van der Waals surface area contributed by atoms with Crippen LogP contribution in [0.5, 0.6) is 0 Å². The van der Waals surface area contributed by atoms with Gasteiger partial charge in [-0.2, -0.15) is 9.30 Å². The molecule has 0 fully saturated rings. The van der Waals surface area contributed by atoms with E-state index in [1.54, 1.807) is 12.1 Å². The summed E-state index contributed by atoms with van der Waals surface area (Å²) in [5.41, 5.74) is 2.71. The van der Waals surface area contributed by atoms with Crippen molar-refractivity contribution in [3.8, 4) is 0 Å². The Morgan fingerprint density at radius 3 is 2.35 bits per heavy atom. The zero-order valence-electron chi connectivity index (χ0n) is 20.7. The average Bonchev–Trinajstić information content (AvgIpc) is 3.15. The van der Waals surface area contributed by atoms with Crippen molar-refractivity contribution in [3.05, 3.63) is 58.4 Å². The van der Waals surface area contributed by atoms with Crippen molar-refractivity contribution < 1.29 is 13.2 Å². The fourth-order valence-electron chi connectivity index (χ4n) is 3.83. The molecule has 2 aromatic carbocycles. The second-order valence-electron chi connectivity index (χ2n) is 8.71. The third-order valence-electron chi connectivity index (χ3n) is 5.87. The second kappa shape index (κ2) is 11.4. The molecule has 0 N–H and O–H groups in total. The molecule has 0 saturated carbocycles. The Morgan fingerprint density at radius 2 is 1.76 bits per heavy atom. The third kappa shape index (κ3) is 5.67. The number of hydrogen-bond donors (Lipinski definition) is 0. The van der Waals surface area contributed by atoms with Crippen LogP contribution in [0, 0.1) is 0 Å². The molecular weight excluding hydrogens is 466 g/mol. The van der Waals surface area contributed by atoms with E-state index in [0.717, 1.165) is 36.0 Å². The van der Waals surface area contributed by atoms with Crippen LogP contribution in [0.2, 0.25) is 0 Å². The molecule has 0 spiro atoms. The van der Waals surface area contributed by atoms with E-state index in [4.69, 9.17) is 0 Å². The molecule has 34 heavy (non-hydrogen) atoms. The van der Waals surface area contributed by atoms with Gasteiger partial charge in [0.05, 0.1) is 15.1 Å². The zero-order valence-corrected chi connectivity index (χ0v) is 22.4. The minimum atomic E-state index is -3.58. The van der Waals surface area contributed by atoms with Crippen LogP contribution in [0.1, 0.15) is 75.7 Å². The highest BCUT2D eigenvalue weighted by Crippen LogP contribution is 2.24. The maximum Gasteiger partial charge on any atom is 0.279 e. The van der Waals surface area contributed by atoms with Crippen molar-refractivity contribution in [3.63, 3.8) is 0 Å². The number of aryl methyl sites for hydroxylation is 1. The first kappa shape index (κ1) is 26.3. The van der Waals surface area contributed by atoms with Crippen molar-refractivity contribution in [2.75, 3.05) is 13.1 Å². The number of amides is 1. The third-order valence-corrected chi connectivity index (χ3v) is 8.90. The van der Waals surface area contributed by atoms with Gasteiger partial charge in [-0.15, -0.1) is 0 Å². The number of rotatable bonds is 10. The summed E-state index contributed by atoms with van der Waals surface area (Å²) in [4.78, 5) is 18.3. The lowest BCUT2D eigenvalue weighted by Gasteiger charge is -2.20. The van der Waals surface area contributed by atoms with E-state index in [1.807, 2.05) is 13.8 Å². The summed E-state index contributed by atoms with van der Waals surface area (Å²) in [5.74, 6) is 0.0521. The van der Waals surface area contributed by atoms with E-state index in [-0.39, 0.29) is 10.8 Å². The Balaban J connectivity index is 1.94. The number of sulfonamides is 1. The Hall–Kier alpha value is -2.29. The van der Waals surface area contributed by atoms with E-state index in [2.05, 4.69) is 48.5 Å². The van der Waals surface area contributed by atoms with E-state index in [9.17, 15) is 13.2 Å². The van der Waals surface area contributed by atoms with Gasteiger partial charge in [-0.3, -0.25) is 4.79 Å².